The molecule has 0 atom stereocenters. The zero-order chi connectivity index (χ0) is 15.9. The second kappa shape index (κ2) is 7.97. The zero-order valence-corrected chi connectivity index (χ0v) is 13.7. The Bertz CT molecular complexity index is 680. The van der Waals surface area contributed by atoms with Gasteiger partial charge in [-0.05, 0) is 18.2 Å². The fourth-order valence-corrected chi connectivity index (χ4v) is 3.09. The first-order valence-electron chi connectivity index (χ1n) is 5.93. The van der Waals surface area contributed by atoms with E-state index in [4.69, 9.17) is 11.6 Å². The number of thioether (sulfide) groups is 1. The minimum atomic E-state index is -0.456. The number of halogens is 1. The summed E-state index contributed by atoms with van der Waals surface area (Å²) in [5, 5.41) is 13.7. The average Bonchev–Trinajstić information content (AvgIpc) is 2.92. The summed E-state index contributed by atoms with van der Waals surface area (Å²) in [5.41, 5.74) is 0.565. The predicted molar refractivity (Wildman–Crippen MR) is 86.7 cm³/mol. The molecule has 22 heavy (non-hydrogen) atoms. The number of anilines is 2. The van der Waals surface area contributed by atoms with Gasteiger partial charge in [-0.1, -0.05) is 40.8 Å². The number of urea groups is 1. The normalized spacial score (nSPS) is 10.1. The zero-order valence-electron chi connectivity index (χ0n) is 11.3. The number of methoxy groups -OCH3 is 1. The summed E-state index contributed by atoms with van der Waals surface area (Å²) in [5.74, 6) is -0.215. The lowest BCUT2D eigenvalue weighted by Gasteiger charge is -2.04. The Morgan fingerprint density at radius 1 is 1.36 bits per heavy atom. The summed E-state index contributed by atoms with van der Waals surface area (Å²) in [6.45, 7) is 0. The molecule has 0 radical (unpaired) electrons. The van der Waals surface area contributed by atoms with Gasteiger partial charge in [0, 0.05) is 10.7 Å². The van der Waals surface area contributed by atoms with Crippen molar-refractivity contribution < 1.29 is 14.3 Å². The van der Waals surface area contributed by atoms with Crippen LogP contribution in [0.1, 0.15) is 0 Å². The van der Waals surface area contributed by atoms with Crippen LogP contribution in [0.3, 0.4) is 0 Å². The minimum absolute atomic E-state index is 0.139. The van der Waals surface area contributed by atoms with Crippen molar-refractivity contribution in [2.24, 2.45) is 0 Å². The topological polar surface area (TPSA) is 93.2 Å². The van der Waals surface area contributed by atoms with E-state index in [1.54, 1.807) is 24.3 Å². The summed E-state index contributed by atoms with van der Waals surface area (Å²) in [4.78, 5) is 22.8. The van der Waals surface area contributed by atoms with E-state index < -0.39 is 6.03 Å². The van der Waals surface area contributed by atoms with E-state index in [1.807, 2.05) is 0 Å². The number of hydrogen-bond acceptors (Lipinski definition) is 7. The van der Waals surface area contributed by atoms with Crippen molar-refractivity contribution in [1.29, 1.82) is 0 Å². The average molecular weight is 359 g/mol. The quantitative estimate of drug-likeness (QED) is 0.484. The van der Waals surface area contributed by atoms with Gasteiger partial charge in [0.25, 0.3) is 0 Å². The molecule has 0 spiro atoms. The fourth-order valence-electron chi connectivity index (χ4n) is 1.32. The van der Waals surface area contributed by atoms with Gasteiger partial charge in [-0.25, -0.2) is 4.79 Å². The Balaban J connectivity index is 1.87. The molecule has 1 aromatic carbocycles. The van der Waals surface area contributed by atoms with Crippen molar-refractivity contribution in [2.45, 2.75) is 4.34 Å². The van der Waals surface area contributed by atoms with Crippen LogP contribution in [0.15, 0.2) is 28.6 Å². The molecule has 0 aliphatic carbocycles. The monoisotopic (exact) mass is 358 g/mol. The summed E-state index contributed by atoms with van der Waals surface area (Å²) in [7, 11) is 1.32. The lowest BCUT2D eigenvalue weighted by Crippen LogP contribution is -2.19. The van der Waals surface area contributed by atoms with Crippen LogP contribution < -0.4 is 10.6 Å². The van der Waals surface area contributed by atoms with Gasteiger partial charge in [-0.2, -0.15) is 0 Å². The SMILES string of the molecule is COC(=O)CSc1nnc(NC(=O)Nc2cccc(Cl)c2)s1. The number of nitrogens with one attached hydrogen (secondary N) is 2. The highest BCUT2D eigenvalue weighted by molar-refractivity contribution is 8.01. The number of amides is 2. The third-order valence-corrected chi connectivity index (χ3v) is 4.43. The van der Waals surface area contributed by atoms with Gasteiger partial charge >= 0.3 is 12.0 Å². The molecule has 2 rings (SSSR count). The smallest absolute Gasteiger partial charge is 0.325 e. The Morgan fingerprint density at radius 3 is 2.91 bits per heavy atom. The first kappa shape index (κ1) is 16.5. The largest absolute Gasteiger partial charge is 0.468 e. The Kier molecular flexibility index (Phi) is 5.99. The molecule has 0 saturated heterocycles. The highest BCUT2D eigenvalue weighted by Gasteiger charge is 2.10. The summed E-state index contributed by atoms with van der Waals surface area (Å²) in [6.07, 6.45) is 0. The molecule has 0 bridgehead atoms. The third-order valence-electron chi connectivity index (χ3n) is 2.25. The lowest BCUT2D eigenvalue weighted by molar-refractivity contribution is -0.137. The molecule has 7 nitrogen and oxygen atoms in total. The van der Waals surface area contributed by atoms with E-state index in [9.17, 15) is 9.59 Å². The van der Waals surface area contributed by atoms with E-state index in [1.165, 1.54) is 18.9 Å². The number of benzene rings is 1. The molecule has 1 heterocycles. The van der Waals surface area contributed by atoms with Crippen LogP contribution in [0.4, 0.5) is 15.6 Å². The Labute approximate surface area is 139 Å². The van der Waals surface area contributed by atoms with Crippen molar-refractivity contribution >= 4 is 57.5 Å². The van der Waals surface area contributed by atoms with Gasteiger partial charge in [-0.15, -0.1) is 10.2 Å². The highest BCUT2D eigenvalue weighted by atomic mass is 35.5. The van der Waals surface area contributed by atoms with Crippen LogP contribution in [0.2, 0.25) is 5.02 Å². The maximum Gasteiger partial charge on any atom is 0.325 e. The fraction of sp³-hybridized carbons (Fsp3) is 0.167. The number of nitrogens with zero attached hydrogens (tertiary/aromatic N) is 2. The van der Waals surface area contributed by atoms with Crippen LogP contribution in [0, 0.1) is 0 Å². The maximum atomic E-state index is 11.8. The van der Waals surface area contributed by atoms with Gasteiger partial charge in [0.1, 0.15) is 0 Å². The van der Waals surface area contributed by atoms with Crippen molar-refractivity contribution in [1.82, 2.24) is 10.2 Å². The number of carbonyl (C=O) groups excluding carboxylic acids is 2. The molecular formula is C12H11ClN4O3S2. The molecule has 1 aromatic heterocycles. The summed E-state index contributed by atoms with van der Waals surface area (Å²) >= 11 is 8.18. The first-order valence-corrected chi connectivity index (χ1v) is 8.11. The van der Waals surface area contributed by atoms with E-state index in [0.717, 1.165) is 11.3 Å². The Morgan fingerprint density at radius 2 is 2.18 bits per heavy atom. The van der Waals surface area contributed by atoms with Crippen molar-refractivity contribution in [3.8, 4) is 0 Å². The van der Waals surface area contributed by atoms with Crippen LogP contribution >= 0.6 is 34.7 Å². The van der Waals surface area contributed by atoms with Crippen LogP contribution in [0.25, 0.3) is 0 Å². The van der Waals surface area contributed by atoms with Crippen molar-refractivity contribution in [2.75, 3.05) is 23.5 Å². The highest BCUT2D eigenvalue weighted by Crippen LogP contribution is 2.25. The number of rotatable bonds is 5. The number of ether oxygens (including phenoxy) is 1. The minimum Gasteiger partial charge on any atom is -0.468 e. The molecule has 116 valence electrons. The molecule has 2 N–H and O–H groups in total. The molecule has 0 saturated carbocycles. The molecule has 0 unspecified atom stereocenters. The van der Waals surface area contributed by atoms with E-state index >= 15 is 0 Å². The van der Waals surface area contributed by atoms with Gasteiger partial charge < -0.3 is 10.1 Å². The third kappa shape index (κ3) is 5.17. The summed E-state index contributed by atoms with van der Waals surface area (Å²) < 4.78 is 5.08. The Hall–Kier alpha value is -1.84. The van der Waals surface area contributed by atoms with Crippen LogP contribution in [-0.4, -0.2) is 35.1 Å². The molecular weight excluding hydrogens is 348 g/mol. The van der Waals surface area contributed by atoms with E-state index in [-0.39, 0.29) is 11.7 Å². The van der Waals surface area contributed by atoms with E-state index in [0.29, 0.717) is 20.2 Å². The number of carbonyl (C=O) groups is 2. The van der Waals surface area contributed by atoms with Gasteiger partial charge in [0.15, 0.2) is 4.34 Å². The second-order valence-corrected chi connectivity index (χ2v) is 6.46. The number of aromatic nitrogens is 2. The first-order chi connectivity index (χ1) is 10.6. The summed E-state index contributed by atoms with van der Waals surface area (Å²) in [6, 6.07) is 6.31. The number of hydrogen-bond donors (Lipinski definition) is 2. The second-order valence-electron chi connectivity index (χ2n) is 3.83. The molecule has 0 aliphatic rings. The standard InChI is InChI=1S/C12H11ClN4O3S2/c1-20-9(18)6-21-12-17-16-11(22-12)15-10(19)14-8-4-2-3-7(13)5-8/h2-5H,6H2,1H3,(H2,14,15,16,19). The van der Waals surface area contributed by atoms with E-state index in [2.05, 4.69) is 25.6 Å². The maximum absolute atomic E-state index is 11.8. The van der Waals surface area contributed by atoms with Crippen LogP contribution in [0.5, 0.6) is 0 Å². The molecule has 2 amide bonds. The van der Waals surface area contributed by atoms with Gasteiger partial charge in [0.05, 0.1) is 12.9 Å². The predicted octanol–water partition coefficient (Wildman–Crippen LogP) is 3.10. The molecule has 2 aromatic rings. The van der Waals surface area contributed by atoms with Gasteiger partial charge in [-0.3, -0.25) is 10.1 Å². The molecule has 10 heteroatoms. The number of esters is 1. The van der Waals surface area contributed by atoms with Gasteiger partial charge in [0.2, 0.25) is 5.13 Å². The lowest BCUT2D eigenvalue weighted by atomic mass is 10.3. The molecule has 0 aliphatic heterocycles. The van der Waals surface area contributed by atoms with Crippen molar-refractivity contribution in [3.63, 3.8) is 0 Å². The molecule has 0 fully saturated rings. The van der Waals surface area contributed by atoms with Crippen molar-refractivity contribution in [3.05, 3.63) is 29.3 Å². The van der Waals surface area contributed by atoms with Crippen LogP contribution in [-0.2, 0) is 9.53 Å².